The molecule has 3 heteroatoms. The lowest BCUT2D eigenvalue weighted by molar-refractivity contribution is -0.114. The normalized spacial score (nSPS) is 10.4. The Morgan fingerprint density at radius 2 is 1.38 bits per heavy atom. The Morgan fingerprint density at radius 3 is 1.95 bits per heavy atom. The molecule has 0 fully saturated rings. The van der Waals surface area contributed by atoms with Crippen LogP contribution >= 0.6 is 0 Å². The van der Waals surface area contributed by atoms with Crippen LogP contribution in [0.2, 0.25) is 0 Å². The van der Waals surface area contributed by atoms with Gasteiger partial charge in [0.25, 0.3) is 0 Å². The zero-order valence-corrected chi connectivity index (χ0v) is 13.6. The Morgan fingerprint density at radius 1 is 0.857 bits per heavy atom. The molecule has 0 aliphatic heterocycles. The van der Waals surface area contributed by atoms with Crippen molar-refractivity contribution in [2.45, 2.75) is 65.2 Å². The number of hydrogen-bond acceptors (Lipinski definition) is 2. The largest absolute Gasteiger partial charge is 0.385 e. The zero-order valence-electron chi connectivity index (χ0n) is 13.6. The molecule has 118 valence electrons. The minimum Gasteiger partial charge on any atom is -0.385 e. The highest BCUT2D eigenvalue weighted by Crippen LogP contribution is 2.14. The molecule has 1 aromatic carbocycles. The molecule has 0 aromatic heterocycles. The molecule has 1 rings (SSSR count). The predicted octanol–water partition coefficient (Wildman–Crippen LogP) is 5.20. The molecule has 0 saturated heterocycles. The molecule has 1 amide bonds. The van der Waals surface area contributed by atoms with Crippen LogP contribution in [0.15, 0.2) is 24.3 Å². The van der Waals surface area contributed by atoms with Crippen LogP contribution in [0.4, 0.5) is 11.4 Å². The minimum atomic E-state index is -0.0327. The van der Waals surface area contributed by atoms with Crippen molar-refractivity contribution in [1.29, 1.82) is 0 Å². The third-order valence-electron chi connectivity index (χ3n) is 3.56. The van der Waals surface area contributed by atoms with Gasteiger partial charge in [0.15, 0.2) is 0 Å². The van der Waals surface area contributed by atoms with Crippen LogP contribution in [0.1, 0.15) is 65.2 Å². The fourth-order valence-corrected chi connectivity index (χ4v) is 2.37. The number of carbonyl (C=O) groups excluding carboxylic acids is 1. The smallest absolute Gasteiger partial charge is 0.221 e. The molecule has 0 saturated carbocycles. The summed E-state index contributed by atoms with van der Waals surface area (Å²) in [6.07, 6.45) is 10.8. The molecular formula is C18H30N2O. The van der Waals surface area contributed by atoms with Crippen molar-refractivity contribution in [3.63, 3.8) is 0 Å². The molecule has 0 atom stereocenters. The number of carbonyl (C=O) groups is 1. The van der Waals surface area contributed by atoms with E-state index in [2.05, 4.69) is 17.6 Å². The van der Waals surface area contributed by atoms with Crippen molar-refractivity contribution in [3.05, 3.63) is 24.3 Å². The van der Waals surface area contributed by atoms with E-state index in [0.717, 1.165) is 17.9 Å². The van der Waals surface area contributed by atoms with Crippen LogP contribution in [0.25, 0.3) is 0 Å². The summed E-state index contributed by atoms with van der Waals surface area (Å²) >= 11 is 0. The highest BCUT2D eigenvalue weighted by atomic mass is 16.1. The molecule has 0 aliphatic carbocycles. The average Bonchev–Trinajstić information content (AvgIpc) is 2.47. The number of rotatable bonds is 11. The molecule has 0 heterocycles. The fraction of sp³-hybridized carbons (Fsp3) is 0.611. The molecule has 2 N–H and O–H groups in total. The Bertz CT molecular complexity index is 387. The van der Waals surface area contributed by atoms with E-state index in [1.54, 1.807) is 0 Å². The molecule has 0 unspecified atom stereocenters. The standard InChI is InChI=1S/C18H30N2O/c1-3-4-5-6-7-8-9-10-15-19-17-11-13-18(14-12-17)20-16(2)21/h11-14,19H,3-10,15H2,1-2H3,(H,20,21). The van der Waals surface area contributed by atoms with Crippen LogP contribution in [0.3, 0.4) is 0 Å². The number of unbranched alkanes of at least 4 members (excludes halogenated alkanes) is 7. The molecule has 0 radical (unpaired) electrons. The maximum absolute atomic E-state index is 10.9. The van der Waals surface area contributed by atoms with Gasteiger partial charge >= 0.3 is 0 Å². The van der Waals surface area contributed by atoms with E-state index in [0.29, 0.717) is 0 Å². The first kappa shape index (κ1) is 17.5. The highest BCUT2D eigenvalue weighted by Gasteiger charge is 1.96. The fourth-order valence-electron chi connectivity index (χ4n) is 2.37. The van der Waals surface area contributed by atoms with Gasteiger partial charge in [0.1, 0.15) is 0 Å². The van der Waals surface area contributed by atoms with E-state index in [1.165, 1.54) is 58.3 Å². The van der Waals surface area contributed by atoms with E-state index in [-0.39, 0.29) is 5.91 Å². The third-order valence-corrected chi connectivity index (χ3v) is 3.56. The number of hydrogen-bond donors (Lipinski definition) is 2. The van der Waals surface area contributed by atoms with Gasteiger partial charge in [0.2, 0.25) is 5.91 Å². The van der Waals surface area contributed by atoms with Crippen molar-refractivity contribution < 1.29 is 4.79 Å². The SMILES string of the molecule is CCCCCCCCCCNc1ccc(NC(C)=O)cc1. The Balaban J connectivity index is 2.03. The van der Waals surface area contributed by atoms with Crippen LogP contribution in [0, 0.1) is 0 Å². The third kappa shape index (κ3) is 9.11. The van der Waals surface area contributed by atoms with Gasteiger partial charge in [-0.15, -0.1) is 0 Å². The lowest BCUT2D eigenvalue weighted by atomic mass is 10.1. The second kappa shape index (κ2) is 11.2. The number of benzene rings is 1. The van der Waals surface area contributed by atoms with Crippen LogP contribution < -0.4 is 10.6 Å². The molecule has 21 heavy (non-hydrogen) atoms. The van der Waals surface area contributed by atoms with Gasteiger partial charge in [-0.2, -0.15) is 0 Å². The second-order valence-corrected chi connectivity index (χ2v) is 5.66. The van der Waals surface area contributed by atoms with Gasteiger partial charge in [-0.05, 0) is 30.7 Å². The van der Waals surface area contributed by atoms with Crippen LogP contribution in [0.5, 0.6) is 0 Å². The summed E-state index contributed by atoms with van der Waals surface area (Å²) < 4.78 is 0. The number of amides is 1. The number of nitrogens with one attached hydrogen (secondary N) is 2. The minimum absolute atomic E-state index is 0.0327. The first-order chi connectivity index (χ1) is 10.2. The van der Waals surface area contributed by atoms with Crippen molar-refractivity contribution in [3.8, 4) is 0 Å². The van der Waals surface area contributed by atoms with Gasteiger partial charge in [-0.25, -0.2) is 0 Å². The van der Waals surface area contributed by atoms with Gasteiger partial charge in [0, 0.05) is 24.8 Å². The van der Waals surface area contributed by atoms with Crippen molar-refractivity contribution in [1.82, 2.24) is 0 Å². The predicted molar refractivity (Wildman–Crippen MR) is 91.8 cm³/mol. The quantitative estimate of drug-likeness (QED) is 0.550. The molecule has 1 aromatic rings. The van der Waals surface area contributed by atoms with E-state index in [9.17, 15) is 4.79 Å². The summed E-state index contributed by atoms with van der Waals surface area (Å²) in [5.74, 6) is -0.0327. The molecule has 0 aliphatic rings. The summed E-state index contributed by atoms with van der Waals surface area (Å²) in [4.78, 5) is 10.9. The Hall–Kier alpha value is -1.51. The van der Waals surface area contributed by atoms with Crippen molar-refractivity contribution in [2.75, 3.05) is 17.2 Å². The van der Waals surface area contributed by atoms with Gasteiger partial charge < -0.3 is 10.6 Å². The summed E-state index contributed by atoms with van der Waals surface area (Å²) in [6, 6.07) is 7.88. The summed E-state index contributed by atoms with van der Waals surface area (Å²) in [5, 5.41) is 6.19. The lowest BCUT2D eigenvalue weighted by Crippen LogP contribution is -2.06. The summed E-state index contributed by atoms with van der Waals surface area (Å²) in [5.41, 5.74) is 1.96. The molecule has 3 nitrogen and oxygen atoms in total. The van der Waals surface area contributed by atoms with Crippen molar-refractivity contribution >= 4 is 17.3 Å². The Kier molecular flexibility index (Phi) is 9.34. The first-order valence-corrected chi connectivity index (χ1v) is 8.34. The van der Waals surface area contributed by atoms with Gasteiger partial charge in [-0.3, -0.25) is 4.79 Å². The first-order valence-electron chi connectivity index (χ1n) is 8.34. The van der Waals surface area contributed by atoms with Crippen molar-refractivity contribution in [2.24, 2.45) is 0 Å². The number of anilines is 2. The van der Waals surface area contributed by atoms with E-state index in [4.69, 9.17) is 0 Å². The van der Waals surface area contributed by atoms with Gasteiger partial charge in [0.05, 0.1) is 0 Å². The summed E-state index contributed by atoms with van der Waals surface area (Å²) in [7, 11) is 0. The lowest BCUT2D eigenvalue weighted by Gasteiger charge is -2.08. The second-order valence-electron chi connectivity index (χ2n) is 5.66. The highest BCUT2D eigenvalue weighted by molar-refractivity contribution is 5.88. The zero-order chi connectivity index (χ0) is 15.3. The molecule has 0 spiro atoms. The molecule has 0 bridgehead atoms. The monoisotopic (exact) mass is 290 g/mol. The van der Waals surface area contributed by atoms with E-state index < -0.39 is 0 Å². The van der Waals surface area contributed by atoms with Crippen LogP contribution in [-0.2, 0) is 4.79 Å². The molecular weight excluding hydrogens is 260 g/mol. The average molecular weight is 290 g/mol. The van der Waals surface area contributed by atoms with E-state index in [1.807, 2.05) is 24.3 Å². The summed E-state index contributed by atoms with van der Waals surface area (Å²) in [6.45, 7) is 4.80. The van der Waals surface area contributed by atoms with Crippen LogP contribution in [-0.4, -0.2) is 12.5 Å². The van der Waals surface area contributed by atoms with Gasteiger partial charge in [-0.1, -0.05) is 51.9 Å². The maximum atomic E-state index is 10.9. The Labute approximate surface area is 129 Å². The topological polar surface area (TPSA) is 41.1 Å². The maximum Gasteiger partial charge on any atom is 0.221 e. The van der Waals surface area contributed by atoms with E-state index >= 15 is 0 Å².